The summed E-state index contributed by atoms with van der Waals surface area (Å²) >= 11 is 0. The molecule has 0 aromatic heterocycles. The normalized spacial score (nSPS) is 23.4. The van der Waals surface area contributed by atoms with E-state index in [2.05, 4.69) is 91.9 Å². The van der Waals surface area contributed by atoms with Crippen LogP contribution in [0.25, 0.3) is 0 Å². The topological polar surface area (TPSA) is 13.7 Å². The van der Waals surface area contributed by atoms with E-state index >= 15 is 0 Å². The molecule has 0 spiro atoms. The summed E-state index contributed by atoms with van der Waals surface area (Å²) in [4.78, 5) is 1.58. The smallest absolute Gasteiger partial charge is 0.368 e. The van der Waals surface area contributed by atoms with E-state index < -0.39 is 0 Å². The van der Waals surface area contributed by atoms with E-state index in [1.165, 1.54) is 41.5 Å². The summed E-state index contributed by atoms with van der Waals surface area (Å²) < 4.78 is 7.12. The molecule has 134 valence electrons. The van der Waals surface area contributed by atoms with Crippen LogP contribution in [0.1, 0.15) is 29.5 Å². The molecule has 0 amide bonds. The van der Waals surface area contributed by atoms with E-state index in [-0.39, 0.29) is 12.7 Å². The van der Waals surface area contributed by atoms with Gasteiger partial charge in [0.05, 0.1) is 6.54 Å². The van der Waals surface area contributed by atoms with E-state index in [9.17, 15) is 0 Å². The standard InChI is InChI=1S/C24H24BNO/c1-19-11-8-9-16-22(19)25-26-18-10-17-23(26)24(27-25,20-12-4-2-5-13-20)21-14-6-3-7-15-21/h2-9,11-16,23H,10,17-18H2,1H3/p+1/t23-/m1/s1. The van der Waals surface area contributed by atoms with Crippen molar-refractivity contribution < 1.29 is 9.47 Å². The summed E-state index contributed by atoms with van der Waals surface area (Å²) in [6.07, 6.45) is 2.45. The number of hydrogen-bond acceptors (Lipinski definition) is 1. The Labute approximate surface area is 161 Å². The van der Waals surface area contributed by atoms with Crippen LogP contribution in [0.4, 0.5) is 0 Å². The van der Waals surface area contributed by atoms with Crippen molar-refractivity contribution in [2.45, 2.75) is 31.4 Å². The molecule has 2 atom stereocenters. The van der Waals surface area contributed by atoms with Crippen LogP contribution in [0.15, 0.2) is 84.9 Å². The maximum absolute atomic E-state index is 7.12. The van der Waals surface area contributed by atoms with Crippen LogP contribution in [-0.4, -0.2) is 19.6 Å². The Morgan fingerprint density at radius 3 is 2.07 bits per heavy atom. The van der Waals surface area contributed by atoms with Crippen LogP contribution >= 0.6 is 0 Å². The summed E-state index contributed by atoms with van der Waals surface area (Å²) in [6, 6.07) is 30.8. The van der Waals surface area contributed by atoms with Crippen molar-refractivity contribution in [3.63, 3.8) is 0 Å². The Morgan fingerprint density at radius 2 is 1.44 bits per heavy atom. The fraction of sp³-hybridized carbons (Fsp3) is 0.250. The summed E-state index contributed by atoms with van der Waals surface area (Å²) in [6.45, 7) is 3.37. The highest BCUT2D eigenvalue weighted by molar-refractivity contribution is 6.60. The lowest BCUT2D eigenvalue weighted by molar-refractivity contribution is -0.799. The van der Waals surface area contributed by atoms with Crippen LogP contribution in [-0.2, 0) is 10.3 Å². The molecule has 2 aliphatic rings. The third kappa shape index (κ3) is 2.57. The molecule has 2 fully saturated rings. The molecule has 2 heterocycles. The molecule has 0 aliphatic carbocycles. The maximum atomic E-state index is 7.12. The molecule has 27 heavy (non-hydrogen) atoms. The number of rotatable bonds is 3. The molecule has 5 rings (SSSR count). The van der Waals surface area contributed by atoms with E-state index in [0.29, 0.717) is 6.04 Å². The van der Waals surface area contributed by atoms with Gasteiger partial charge in [0.1, 0.15) is 6.04 Å². The Bertz CT molecular complexity index is 888. The number of nitrogens with one attached hydrogen (secondary N) is 1. The molecule has 1 N–H and O–H groups in total. The zero-order valence-corrected chi connectivity index (χ0v) is 15.8. The molecule has 1 unspecified atom stereocenters. The Morgan fingerprint density at radius 1 is 0.852 bits per heavy atom. The Hall–Kier alpha value is -2.36. The van der Waals surface area contributed by atoms with Crippen LogP contribution in [0, 0.1) is 6.92 Å². The quantitative estimate of drug-likeness (QED) is 0.714. The first-order valence-corrected chi connectivity index (χ1v) is 10.0. The fourth-order valence-electron chi connectivity index (χ4n) is 5.21. The maximum Gasteiger partial charge on any atom is 0.611 e. The summed E-state index contributed by atoms with van der Waals surface area (Å²) in [5.41, 5.74) is 4.81. The molecule has 0 radical (unpaired) electrons. The molecule has 0 bridgehead atoms. The van der Waals surface area contributed by atoms with Gasteiger partial charge in [-0.15, -0.1) is 0 Å². The van der Waals surface area contributed by atoms with Gasteiger partial charge in [0.2, 0.25) is 0 Å². The number of quaternary nitrogens is 1. The molecule has 0 saturated carbocycles. The largest absolute Gasteiger partial charge is 0.611 e. The monoisotopic (exact) mass is 354 g/mol. The Balaban J connectivity index is 1.71. The third-order valence-corrected chi connectivity index (χ3v) is 6.41. The minimum atomic E-state index is -0.388. The van der Waals surface area contributed by atoms with E-state index in [0.717, 1.165) is 0 Å². The van der Waals surface area contributed by atoms with Gasteiger partial charge in [0, 0.05) is 18.3 Å². The predicted octanol–water partition coefficient (Wildman–Crippen LogP) is 2.71. The zero-order chi connectivity index (χ0) is 18.3. The van der Waals surface area contributed by atoms with Gasteiger partial charge in [0.15, 0.2) is 5.60 Å². The first-order valence-electron chi connectivity index (χ1n) is 10.0. The van der Waals surface area contributed by atoms with Crippen molar-refractivity contribution in [3.05, 3.63) is 102 Å². The zero-order valence-electron chi connectivity index (χ0n) is 15.8. The van der Waals surface area contributed by atoms with Crippen molar-refractivity contribution in [3.8, 4) is 0 Å². The average Bonchev–Trinajstić information content (AvgIpc) is 3.32. The highest BCUT2D eigenvalue weighted by atomic mass is 16.5. The number of hydrogen-bond donors (Lipinski definition) is 1. The van der Waals surface area contributed by atoms with E-state index in [4.69, 9.17) is 4.65 Å². The van der Waals surface area contributed by atoms with Crippen LogP contribution in [0.5, 0.6) is 0 Å². The van der Waals surface area contributed by atoms with Gasteiger partial charge in [-0.05, 0) is 23.6 Å². The predicted molar refractivity (Wildman–Crippen MR) is 110 cm³/mol. The molecule has 2 nitrogen and oxygen atoms in total. The first kappa shape index (κ1) is 16.8. The second kappa shape index (κ2) is 6.67. The van der Waals surface area contributed by atoms with Crippen molar-refractivity contribution in [2.75, 3.05) is 6.54 Å². The number of fused-ring (bicyclic) bond motifs is 1. The number of aryl methyl sites for hydroxylation is 1. The van der Waals surface area contributed by atoms with Gasteiger partial charge < -0.3 is 9.47 Å². The van der Waals surface area contributed by atoms with E-state index in [1.807, 2.05) is 0 Å². The second-order valence-electron chi connectivity index (χ2n) is 7.84. The summed E-state index contributed by atoms with van der Waals surface area (Å²) in [7, 11) is 0.0825. The van der Waals surface area contributed by atoms with Gasteiger partial charge in [0.25, 0.3) is 0 Å². The van der Waals surface area contributed by atoms with Gasteiger partial charge in [-0.1, -0.05) is 84.9 Å². The molecule has 3 heteroatoms. The van der Waals surface area contributed by atoms with Gasteiger partial charge >= 0.3 is 7.05 Å². The molecule has 3 aromatic rings. The van der Waals surface area contributed by atoms with Crippen LogP contribution < -0.4 is 10.3 Å². The molecular weight excluding hydrogens is 329 g/mol. The van der Waals surface area contributed by atoms with Crippen LogP contribution in [0.2, 0.25) is 0 Å². The highest BCUT2D eigenvalue weighted by Gasteiger charge is 2.64. The lowest BCUT2D eigenvalue weighted by atomic mass is 9.70. The van der Waals surface area contributed by atoms with Gasteiger partial charge in [-0.3, -0.25) is 0 Å². The van der Waals surface area contributed by atoms with Crippen molar-refractivity contribution >= 4 is 12.5 Å². The molecular formula is C24H25BNO+. The van der Waals surface area contributed by atoms with Gasteiger partial charge in [-0.2, -0.15) is 0 Å². The lowest BCUT2D eigenvalue weighted by Gasteiger charge is -2.33. The SMILES string of the molecule is Cc1ccccc1B1OC(c2ccccc2)(c2ccccc2)[C@H]2CCC[NH+]12. The highest BCUT2D eigenvalue weighted by Crippen LogP contribution is 2.41. The molecule has 2 aliphatic heterocycles. The summed E-state index contributed by atoms with van der Waals surface area (Å²) in [5.74, 6) is 0. The summed E-state index contributed by atoms with van der Waals surface area (Å²) in [5, 5.41) is 0. The Kier molecular flexibility index (Phi) is 4.15. The second-order valence-corrected chi connectivity index (χ2v) is 7.84. The number of benzene rings is 3. The minimum absolute atomic E-state index is 0.0825. The molecule has 3 aromatic carbocycles. The lowest BCUT2D eigenvalue weighted by Crippen LogP contribution is -3.19. The minimum Gasteiger partial charge on any atom is -0.368 e. The van der Waals surface area contributed by atoms with Crippen molar-refractivity contribution in [2.24, 2.45) is 0 Å². The average molecular weight is 354 g/mol. The fourth-order valence-corrected chi connectivity index (χ4v) is 5.21. The third-order valence-electron chi connectivity index (χ3n) is 6.41. The van der Waals surface area contributed by atoms with Crippen molar-refractivity contribution in [1.29, 1.82) is 0 Å². The first-order chi connectivity index (χ1) is 13.3. The molecule has 2 saturated heterocycles. The van der Waals surface area contributed by atoms with Crippen LogP contribution in [0.3, 0.4) is 0 Å². The van der Waals surface area contributed by atoms with Crippen molar-refractivity contribution in [1.82, 2.24) is 0 Å². The van der Waals surface area contributed by atoms with Gasteiger partial charge in [-0.25, -0.2) is 0 Å². The van der Waals surface area contributed by atoms with E-state index in [1.54, 1.807) is 4.81 Å².